The minimum Gasteiger partial charge on any atom is -0.444 e. The molecule has 0 aliphatic rings. The quantitative estimate of drug-likeness (QED) is 0.632. The molecule has 0 aliphatic heterocycles. The maximum absolute atomic E-state index is 13.0. The van der Waals surface area contributed by atoms with Crippen molar-refractivity contribution in [2.24, 2.45) is 0 Å². The lowest BCUT2D eigenvalue weighted by molar-refractivity contribution is 0.0527. The smallest absolute Gasteiger partial charge is 0.407 e. The van der Waals surface area contributed by atoms with Gasteiger partial charge in [-0.05, 0) is 51.9 Å². The second-order valence-electron chi connectivity index (χ2n) is 6.09. The summed E-state index contributed by atoms with van der Waals surface area (Å²) in [5, 5.41) is 9.19. The Morgan fingerprint density at radius 2 is 1.96 bits per heavy atom. The van der Waals surface area contributed by atoms with Crippen molar-refractivity contribution in [2.45, 2.75) is 32.8 Å². The molecule has 0 spiro atoms. The highest BCUT2D eigenvalue weighted by Crippen LogP contribution is 2.18. The number of halogens is 2. The first-order valence-corrected chi connectivity index (χ1v) is 8.02. The van der Waals surface area contributed by atoms with Gasteiger partial charge in [0.25, 0.3) is 0 Å². The van der Waals surface area contributed by atoms with E-state index in [-0.39, 0.29) is 5.02 Å². The lowest BCUT2D eigenvalue weighted by Crippen LogP contribution is -2.34. The molecule has 1 amide bonds. The molecule has 5 nitrogen and oxygen atoms in total. The molecule has 1 aromatic rings. The van der Waals surface area contributed by atoms with Gasteiger partial charge in [0, 0.05) is 25.3 Å². The standard InChI is InChI=1S/C16H25ClFN3O2/c1-16(2,3)23-15(22)21-8-4-7-19-9-10-20-12-5-6-14(18)13(17)11-12/h5-6,11,19-20H,4,7-10H2,1-3H3,(H,21,22). The molecule has 0 radical (unpaired) electrons. The summed E-state index contributed by atoms with van der Waals surface area (Å²) >= 11 is 5.70. The van der Waals surface area contributed by atoms with Crippen LogP contribution in [-0.2, 0) is 4.74 Å². The summed E-state index contributed by atoms with van der Waals surface area (Å²) in [6, 6.07) is 4.54. The van der Waals surface area contributed by atoms with Crippen molar-refractivity contribution in [3.63, 3.8) is 0 Å². The van der Waals surface area contributed by atoms with E-state index in [0.717, 1.165) is 25.2 Å². The predicted octanol–water partition coefficient (Wildman–Crippen LogP) is 3.40. The van der Waals surface area contributed by atoms with Crippen molar-refractivity contribution >= 4 is 23.4 Å². The van der Waals surface area contributed by atoms with Crippen LogP contribution >= 0.6 is 11.6 Å². The van der Waals surface area contributed by atoms with E-state index in [1.807, 2.05) is 20.8 Å². The van der Waals surface area contributed by atoms with Crippen LogP contribution in [0.25, 0.3) is 0 Å². The molecular formula is C16H25ClFN3O2. The summed E-state index contributed by atoms with van der Waals surface area (Å²) in [6.45, 7) is 8.27. The van der Waals surface area contributed by atoms with E-state index in [1.54, 1.807) is 12.1 Å². The van der Waals surface area contributed by atoms with E-state index in [4.69, 9.17) is 16.3 Å². The fourth-order valence-electron chi connectivity index (χ4n) is 1.74. The summed E-state index contributed by atoms with van der Waals surface area (Å²) in [4.78, 5) is 11.4. The lowest BCUT2D eigenvalue weighted by Gasteiger charge is -2.19. The van der Waals surface area contributed by atoms with Crippen molar-refractivity contribution in [2.75, 3.05) is 31.5 Å². The van der Waals surface area contributed by atoms with Crippen LogP contribution in [0.5, 0.6) is 0 Å². The molecule has 0 aromatic heterocycles. The number of hydrogen-bond donors (Lipinski definition) is 3. The number of benzene rings is 1. The van der Waals surface area contributed by atoms with E-state index in [1.165, 1.54) is 6.07 Å². The molecule has 1 rings (SSSR count). The molecular weight excluding hydrogens is 321 g/mol. The van der Waals surface area contributed by atoms with E-state index in [2.05, 4.69) is 16.0 Å². The predicted molar refractivity (Wildman–Crippen MR) is 91.6 cm³/mol. The zero-order valence-electron chi connectivity index (χ0n) is 13.8. The van der Waals surface area contributed by atoms with Gasteiger partial charge in [-0.15, -0.1) is 0 Å². The minimum absolute atomic E-state index is 0.108. The van der Waals surface area contributed by atoms with E-state index in [9.17, 15) is 9.18 Å². The topological polar surface area (TPSA) is 62.4 Å². The van der Waals surface area contributed by atoms with Crippen molar-refractivity contribution in [3.8, 4) is 0 Å². The summed E-state index contributed by atoms with van der Waals surface area (Å²) in [7, 11) is 0. The van der Waals surface area contributed by atoms with Crippen LogP contribution in [0.2, 0.25) is 5.02 Å². The monoisotopic (exact) mass is 345 g/mol. The molecule has 130 valence electrons. The fourth-order valence-corrected chi connectivity index (χ4v) is 1.92. The van der Waals surface area contributed by atoms with E-state index >= 15 is 0 Å². The van der Waals surface area contributed by atoms with Gasteiger partial charge in [-0.25, -0.2) is 9.18 Å². The molecule has 23 heavy (non-hydrogen) atoms. The first-order valence-electron chi connectivity index (χ1n) is 7.64. The minimum atomic E-state index is -0.475. The van der Waals surface area contributed by atoms with Crippen LogP contribution in [0.4, 0.5) is 14.9 Å². The third-order valence-corrected chi connectivity index (χ3v) is 3.04. The van der Waals surface area contributed by atoms with Crippen molar-refractivity contribution in [3.05, 3.63) is 29.0 Å². The highest BCUT2D eigenvalue weighted by molar-refractivity contribution is 6.31. The Morgan fingerprint density at radius 1 is 1.22 bits per heavy atom. The fraction of sp³-hybridized carbons (Fsp3) is 0.562. The van der Waals surface area contributed by atoms with Crippen molar-refractivity contribution < 1.29 is 13.9 Å². The average Bonchev–Trinajstić information content (AvgIpc) is 2.43. The zero-order valence-corrected chi connectivity index (χ0v) is 14.6. The summed E-state index contributed by atoms with van der Waals surface area (Å²) in [5.41, 5.74) is 0.307. The molecule has 7 heteroatoms. The molecule has 0 saturated heterocycles. The molecule has 0 saturated carbocycles. The number of alkyl carbamates (subject to hydrolysis) is 1. The number of nitrogens with one attached hydrogen (secondary N) is 3. The first kappa shape index (κ1) is 19.5. The summed E-state index contributed by atoms with van der Waals surface area (Å²) in [6.07, 6.45) is 0.411. The van der Waals surface area contributed by atoms with Crippen LogP contribution in [0.15, 0.2) is 18.2 Å². The molecule has 1 aromatic carbocycles. The highest BCUT2D eigenvalue weighted by atomic mass is 35.5. The van der Waals surface area contributed by atoms with Gasteiger partial charge >= 0.3 is 6.09 Å². The number of carbonyl (C=O) groups is 1. The van der Waals surface area contributed by atoms with Gasteiger partial charge in [0.1, 0.15) is 11.4 Å². The first-order chi connectivity index (χ1) is 10.8. The molecule has 0 heterocycles. The SMILES string of the molecule is CC(C)(C)OC(=O)NCCCNCCNc1ccc(F)c(Cl)c1. The largest absolute Gasteiger partial charge is 0.444 e. The van der Waals surface area contributed by atoms with Crippen LogP contribution in [0.1, 0.15) is 27.2 Å². The van der Waals surface area contributed by atoms with E-state index in [0.29, 0.717) is 13.1 Å². The lowest BCUT2D eigenvalue weighted by atomic mass is 10.2. The number of rotatable bonds is 8. The second kappa shape index (κ2) is 9.57. The Bertz CT molecular complexity index is 507. The molecule has 0 fully saturated rings. The molecule has 0 bridgehead atoms. The maximum Gasteiger partial charge on any atom is 0.407 e. The van der Waals surface area contributed by atoms with Gasteiger partial charge < -0.3 is 20.7 Å². The number of ether oxygens (including phenoxy) is 1. The van der Waals surface area contributed by atoms with Crippen LogP contribution < -0.4 is 16.0 Å². The number of anilines is 1. The second-order valence-corrected chi connectivity index (χ2v) is 6.50. The third kappa shape index (κ3) is 9.25. The molecule has 0 atom stereocenters. The molecule has 0 aliphatic carbocycles. The Labute approximate surface area is 141 Å². The van der Waals surface area contributed by atoms with Crippen molar-refractivity contribution in [1.82, 2.24) is 10.6 Å². The number of hydrogen-bond acceptors (Lipinski definition) is 4. The maximum atomic E-state index is 13.0. The van der Waals surface area contributed by atoms with Gasteiger partial charge in [-0.3, -0.25) is 0 Å². The van der Waals surface area contributed by atoms with Crippen LogP contribution in [0.3, 0.4) is 0 Å². The van der Waals surface area contributed by atoms with Crippen LogP contribution in [0, 0.1) is 5.82 Å². The van der Waals surface area contributed by atoms with Crippen molar-refractivity contribution in [1.29, 1.82) is 0 Å². The summed E-state index contributed by atoms with van der Waals surface area (Å²) in [5.74, 6) is -0.423. The normalized spacial score (nSPS) is 11.2. The zero-order chi connectivity index (χ0) is 17.3. The third-order valence-electron chi connectivity index (χ3n) is 2.75. The summed E-state index contributed by atoms with van der Waals surface area (Å²) < 4.78 is 18.1. The van der Waals surface area contributed by atoms with E-state index < -0.39 is 17.5 Å². The highest BCUT2D eigenvalue weighted by Gasteiger charge is 2.15. The van der Waals surface area contributed by atoms with Gasteiger partial charge in [0.05, 0.1) is 5.02 Å². The number of amides is 1. The Kier molecular flexibility index (Phi) is 8.12. The van der Waals surface area contributed by atoms with Crippen LogP contribution in [-0.4, -0.2) is 37.9 Å². The Balaban J connectivity index is 2.01. The average molecular weight is 346 g/mol. The van der Waals surface area contributed by atoms with Gasteiger partial charge in [-0.1, -0.05) is 11.6 Å². The Morgan fingerprint density at radius 3 is 2.61 bits per heavy atom. The van der Waals surface area contributed by atoms with Gasteiger partial charge in [-0.2, -0.15) is 0 Å². The number of carbonyl (C=O) groups excluding carboxylic acids is 1. The molecule has 0 unspecified atom stereocenters. The Hall–Kier alpha value is -1.53. The van der Waals surface area contributed by atoms with Gasteiger partial charge in [0.2, 0.25) is 0 Å². The van der Waals surface area contributed by atoms with Gasteiger partial charge in [0.15, 0.2) is 0 Å². The molecule has 3 N–H and O–H groups in total.